The van der Waals surface area contributed by atoms with Gasteiger partial charge in [-0.25, -0.2) is 4.79 Å². The molecule has 144 valence electrons. The molecule has 1 amide bonds. The lowest BCUT2D eigenvalue weighted by Crippen LogP contribution is -2.37. The minimum absolute atomic E-state index is 0.0525. The maximum absolute atomic E-state index is 12.4. The highest BCUT2D eigenvalue weighted by atomic mass is 16.6. The number of fused-ring (bicyclic) bond motifs is 1. The van der Waals surface area contributed by atoms with Crippen LogP contribution in [0.3, 0.4) is 0 Å². The van der Waals surface area contributed by atoms with E-state index in [0.29, 0.717) is 31.9 Å². The number of amides is 1. The number of H-pyrrole nitrogens is 1. The molecule has 3 aromatic rings. The van der Waals surface area contributed by atoms with Gasteiger partial charge in [0, 0.05) is 43.8 Å². The Morgan fingerprint density at radius 2 is 1.75 bits per heavy atom. The number of hydrogen-bond donors (Lipinski definition) is 1. The summed E-state index contributed by atoms with van der Waals surface area (Å²) in [5.74, 6) is 0.552. The van der Waals surface area contributed by atoms with Gasteiger partial charge >= 0.3 is 6.09 Å². The Morgan fingerprint density at radius 1 is 0.964 bits per heavy atom. The van der Waals surface area contributed by atoms with Gasteiger partial charge < -0.3 is 14.6 Å². The fourth-order valence-corrected chi connectivity index (χ4v) is 3.52. The van der Waals surface area contributed by atoms with E-state index >= 15 is 0 Å². The predicted molar refractivity (Wildman–Crippen MR) is 109 cm³/mol. The molecule has 1 saturated heterocycles. The van der Waals surface area contributed by atoms with Crippen molar-refractivity contribution in [2.24, 2.45) is 0 Å². The van der Waals surface area contributed by atoms with Crippen LogP contribution in [0.5, 0.6) is 5.75 Å². The molecule has 0 unspecified atom stereocenters. The summed E-state index contributed by atoms with van der Waals surface area (Å²) in [5.41, 5.74) is 1.55. The molecule has 1 N–H and O–H groups in total. The third-order valence-electron chi connectivity index (χ3n) is 5.02. The number of rotatable bonds is 3. The second-order valence-electron chi connectivity index (χ2n) is 7.01. The van der Waals surface area contributed by atoms with Crippen molar-refractivity contribution in [3.8, 4) is 5.75 Å². The highest BCUT2D eigenvalue weighted by molar-refractivity contribution is 5.78. The van der Waals surface area contributed by atoms with Gasteiger partial charge in [0.25, 0.3) is 5.56 Å². The number of carbonyl (C=O) groups is 1. The third-order valence-corrected chi connectivity index (χ3v) is 5.02. The third kappa shape index (κ3) is 4.23. The highest BCUT2D eigenvalue weighted by Gasteiger charge is 2.21. The summed E-state index contributed by atoms with van der Waals surface area (Å²) in [6.07, 6.45) is 0.520. The number of ether oxygens (including phenoxy) is 1. The van der Waals surface area contributed by atoms with Crippen LogP contribution in [-0.2, 0) is 6.54 Å². The minimum Gasteiger partial charge on any atom is -0.410 e. The fraction of sp³-hybridized carbons (Fsp3) is 0.273. The van der Waals surface area contributed by atoms with Crippen LogP contribution in [0.15, 0.2) is 65.5 Å². The van der Waals surface area contributed by atoms with Crippen molar-refractivity contribution >= 4 is 17.0 Å². The number of nitrogens with one attached hydrogen (secondary N) is 1. The van der Waals surface area contributed by atoms with E-state index in [1.165, 1.54) is 0 Å². The van der Waals surface area contributed by atoms with Gasteiger partial charge in [-0.15, -0.1) is 0 Å². The molecular weight excluding hydrogens is 354 g/mol. The summed E-state index contributed by atoms with van der Waals surface area (Å²) >= 11 is 0. The molecule has 1 fully saturated rings. The van der Waals surface area contributed by atoms with E-state index in [-0.39, 0.29) is 11.7 Å². The maximum atomic E-state index is 12.4. The topological polar surface area (TPSA) is 65.6 Å². The number of carbonyl (C=O) groups excluding carboxylic acids is 1. The highest BCUT2D eigenvalue weighted by Crippen LogP contribution is 2.14. The minimum atomic E-state index is -0.323. The number of nitrogens with zero attached hydrogens (tertiary/aromatic N) is 2. The lowest BCUT2D eigenvalue weighted by molar-refractivity contribution is 0.153. The van der Waals surface area contributed by atoms with Crippen LogP contribution in [0.2, 0.25) is 0 Å². The van der Waals surface area contributed by atoms with Crippen molar-refractivity contribution < 1.29 is 9.53 Å². The van der Waals surface area contributed by atoms with Crippen molar-refractivity contribution in [1.82, 2.24) is 14.8 Å². The molecule has 0 bridgehead atoms. The van der Waals surface area contributed by atoms with Crippen molar-refractivity contribution in [3.63, 3.8) is 0 Å². The van der Waals surface area contributed by atoms with Crippen molar-refractivity contribution in [2.45, 2.75) is 13.0 Å². The zero-order chi connectivity index (χ0) is 19.3. The van der Waals surface area contributed by atoms with Gasteiger partial charge in [0.15, 0.2) is 0 Å². The predicted octanol–water partition coefficient (Wildman–Crippen LogP) is 3.23. The van der Waals surface area contributed by atoms with Gasteiger partial charge in [-0.1, -0.05) is 36.4 Å². The van der Waals surface area contributed by atoms with Crippen LogP contribution in [0.1, 0.15) is 12.0 Å². The molecule has 4 rings (SSSR count). The van der Waals surface area contributed by atoms with Crippen LogP contribution >= 0.6 is 0 Å². The van der Waals surface area contributed by atoms with E-state index in [2.05, 4.69) is 9.88 Å². The van der Waals surface area contributed by atoms with E-state index < -0.39 is 0 Å². The second-order valence-corrected chi connectivity index (χ2v) is 7.01. The largest absolute Gasteiger partial charge is 0.415 e. The van der Waals surface area contributed by atoms with Crippen LogP contribution in [0, 0.1) is 0 Å². The molecular formula is C22H23N3O3. The molecule has 6 heteroatoms. The molecule has 0 spiro atoms. The SMILES string of the molecule is O=C(Oc1ccccc1)N1CCCN(Cc2cc3ccccc3[nH]c2=O)CC1. The van der Waals surface area contributed by atoms with E-state index in [9.17, 15) is 9.59 Å². The first kappa shape index (κ1) is 18.3. The van der Waals surface area contributed by atoms with Gasteiger partial charge in [0.2, 0.25) is 0 Å². The Labute approximate surface area is 163 Å². The lowest BCUT2D eigenvalue weighted by Gasteiger charge is -2.21. The number of aromatic nitrogens is 1. The second kappa shape index (κ2) is 8.27. The fourth-order valence-electron chi connectivity index (χ4n) is 3.52. The molecule has 28 heavy (non-hydrogen) atoms. The van der Waals surface area contributed by atoms with Gasteiger partial charge in [0.05, 0.1) is 0 Å². The molecule has 0 atom stereocenters. The molecule has 2 aromatic carbocycles. The molecule has 1 aliphatic rings. The lowest BCUT2D eigenvalue weighted by atomic mass is 10.1. The molecule has 1 aromatic heterocycles. The number of aromatic amines is 1. The number of pyridine rings is 1. The first-order valence-electron chi connectivity index (χ1n) is 9.54. The van der Waals surface area contributed by atoms with Crippen LogP contribution in [-0.4, -0.2) is 47.1 Å². The van der Waals surface area contributed by atoms with Crippen molar-refractivity contribution in [3.05, 3.63) is 76.6 Å². The summed E-state index contributed by atoms with van der Waals surface area (Å²) < 4.78 is 5.44. The Kier molecular flexibility index (Phi) is 5.39. The van der Waals surface area contributed by atoms with Gasteiger partial charge in [-0.3, -0.25) is 9.69 Å². The summed E-state index contributed by atoms with van der Waals surface area (Å²) in [6.45, 7) is 3.34. The van der Waals surface area contributed by atoms with Gasteiger partial charge in [-0.05, 0) is 36.1 Å². The van der Waals surface area contributed by atoms with Crippen LogP contribution in [0.4, 0.5) is 4.79 Å². The maximum Gasteiger partial charge on any atom is 0.415 e. The quantitative estimate of drug-likeness (QED) is 0.761. The first-order chi connectivity index (χ1) is 13.7. The van der Waals surface area contributed by atoms with E-state index in [1.807, 2.05) is 48.5 Å². The average molecular weight is 377 g/mol. The number of benzene rings is 2. The summed E-state index contributed by atoms with van der Waals surface area (Å²) in [6, 6.07) is 18.9. The zero-order valence-electron chi connectivity index (χ0n) is 15.6. The van der Waals surface area contributed by atoms with E-state index in [0.717, 1.165) is 29.4 Å². The van der Waals surface area contributed by atoms with Gasteiger partial charge in [-0.2, -0.15) is 0 Å². The summed E-state index contributed by atoms with van der Waals surface area (Å²) in [5, 5.41) is 1.03. The van der Waals surface area contributed by atoms with E-state index in [1.54, 1.807) is 17.0 Å². The summed E-state index contributed by atoms with van der Waals surface area (Å²) in [7, 11) is 0. The Bertz CT molecular complexity index is 1020. The molecule has 0 radical (unpaired) electrons. The Morgan fingerprint density at radius 3 is 2.61 bits per heavy atom. The van der Waals surface area contributed by atoms with Crippen molar-refractivity contribution in [2.75, 3.05) is 26.2 Å². The number of hydrogen-bond acceptors (Lipinski definition) is 4. The molecule has 6 nitrogen and oxygen atoms in total. The van der Waals surface area contributed by atoms with Gasteiger partial charge in [0.1, 0.15) is 5.75 Å². The van der Waals surface area contributed by atoms with Crippen LogP contribution < -0.4 is 10.3 Å². The number of para-hydroxylation sites is 2. The normalized spacial score (nSPS) is 15.4. The average Bonchev–Trinajstić information content (AvgIpc) is 2.95. The summed E-state index contributed by atoms with van der Waals surface area (Å²) in [4.78, 5) is 31.7. The van der Waals surface area contributed by atoms with E-state index in [4.69, 9.17) is 4.74 Å². The van der Waals surface area contributed by atoms with Crippen molar-refractivity contribution in [1.29, 1.82) is 0 Å². The standard InChI is InChI=1S/C22H23N3O3/c26-21-18(15-17-7-4-5-10-20(17)23-21)16-24-11-6-12-25(14-13-24)22(27)28-19-8-2-1-3-9-19/h1-5,7-10,15H,6,11-14,16H2,(H,23,26). The molecule has 1 aliphatic heterocycles. The Hall–Kier alpha value is -3.12. The smallest absolute Gasteiger partial charge is 0.410 e. The zero-order valence-corrected chi connectivity index (χ0v) is 15.6. The Balaban J connectivity index is 1.40. The molecule has 0 saturated carbocycles. The molecule has 2 heterocycles. The molecule has 0 aliphatic carbocycles. The first-order valence-corrected chi connectivity index (χ1v) is 9.54. The van der Waals surface area contributed by atoms with Crippen LogP contribution in [0.25, 0.3) is 10.9 Å². The monoisotopic (exact) mass is 377 g/mol.